The molecule has 0 aliphatic carbocycles. The minimum absolute atomic E-state index is 0.0411. The van der Waals surface area contributed by atoms with E-state index in [9.17, 15) is 4.79 Å². The van der Waals surface area contributed by atoms with E-state index in [1.165, 1.54) is 0 Å². The van der Waals surface area contributed by atoms with Gasteiger partial charge in [-0.1, -0.05) is 6.07 Å². The number of rotatable bonds is 2. The molecule has 1 aliphatic heterocycles. The number of aryl methyl sites for hydroxylation is 1. The van der Waals surface area contributed by atoms with Crippen LogP contribution in [0.4, 0.5) is 0 Å². The van der Waals surface area contributed by atoms with Crippen molar-refractivity contribution in [2.45, 2.75) is 32.1 Å². The molecule has 18 heavy (non-hydrogen) atoms. The van der Waals surface area contributed by atoms with Gasteiger partial charge in [-0.15, -0.1) is 11.6 Å². The van der Waals surface area contributed by atoms with Crippen molar-refractivity contribution in [3.63, 3.8) is 0 Å². The van der Waals surface area contributed by atoms with Gasteiger partial charge in [0.15, 0.2) is 0 Å². The van der Waals surface area contributed by atoms with E-state index in [1.54, 1.807) is 6.07 Å². The number of carbonyl (C=O) groups excluding carboxylic acids is 1. The van der Waals surface area contributed by atoms with Crippen molar-refractivity contribution in [1.29, 1.82) is 0 Å². The van der Waals surface area contributed by atoms with Gasteiger partial charge in [0.25, 0.3) is 5.91 Å². The number of hydrogen-bond donors (Lipinski definition) is 0. The molecule has 1 aromatic heterocycles. The van der Waals surface area contributed by atoms with E-state index in [0.29, 0.717) is 11.6 Å². The molecular formula is C14H19ClN2O. The van der Waals surface area contributed by atoms with E-state index in [1.807, 2.05) is 30.9 Å². The van der Waals surface area contributed by atoms with Gasteiger partial charge in [0.2, 0.25) is 0 Å². The van der Waals surface area contributed by atoms with Crippen LogP contribution < -0.4 is 0 Å². The number of amides is 1. The largest absolute Gasteiger partial charge is 0.337 e. The highest BCUT2D eigenvalue weighted by molar-refractivity contribution is 6.20. The van der Waals surface area contributed by atoms with E-state index in [4.69, 9.17) is 11.6 Å². The summed E-state index contributed by atoms with van der Waals surface area (Å²) >= 11 is 6.11. The van der Waals surface area contributed by atoms with E-state index in [0.717, 1.165) is 31.6 Å². The average Bonchev–Trinajstić information content (AvgIpc) is 2.38. The summed E-state index contributed by atoms with van der Waals surface area (Å²) in [6, 6.07) is 5.56. The lowest BCUT2D eigenvalue weighted by atomic mass is 9.94. The zero-order valence-corrected chi connectivity index (χ0v) is 11.7. The first kappa shape index (κ1) is 13.3. The molecule has 0 N–H and O–H groups in total. The quantitative estimate of drug-likeness (QED) is 0.771. The molecule has 0 spiro atoms. The van der Waals surface area contributed by atoms with E-state index >= 15 is 0 Å². The molecule has 0 radical (unpaired) electrons. The third kappa shape index (κ3) is 3.02. The van der Waals surface area contributed by atoms with Crippen LogP contribution in [-0.2, 0) is 0 Å². The van der Waals surface area contributed by atoms with E-state index in [-0.39, 0.29) is 11.3 Å². The molecule has 2 rings (SSSR count). The van der Waals surface area contributed by atoms with Gasteiger partial charge in [0.1, 0.15) is 5.69 Å². The first-order valence-corrected chi connectivity index (χ1v) is 6.88. The van der Waals surface area contributed by atoms with E-state index < -0.39 is 0 Å². The summed E-state index contributed by atoms with van der Waals surface area (Å²) in [7, 11) is 0. The molecule has 98 valence electrons. The van der Waals surface area contributed by atoms with Gasteiger partial charge < -0.3 is 4.90 Å². The molecule has 0 bridgehead atoms. The number of aromatic nitrogens is 1. The minimum atomic E-state index is 0.0411. The minimum Gasteiger partial charge on any atom is -0.337 e. The summed E-state index contributed by atoms with van der Waals surface area (Å²) in [5, 5.41) is 0.194. The maximum Gasteiger partial charge on any atom is 0.272 e. The van der Waals surface area contributed by atoms with Crippen LogP contribution in [-0.4, -0.2) is 34.3 Å². The van der Waals surface area contributed by atoms with Crippen LogP contribution in [0.25, 0.3) is 0 Å². The molecular weight excluding hydrogens is 248 g/mol. The molecule has 1 saturated heterocycles. The maximum atomic E-state index is 12.3. The topological polar surface area (TPSA) is 33.2 Å². The van der Waals surface area contributed by atoms with Gasteiger partial charge in [-0.25, -0.2) is 4.98 Å². The molecule has 1 aliphatic rings. The third-order valence-corrected chi connectivity index (χ3v) is 3.94. The van der Waals surface area contributed by atoms with Crippen molar-refractivity contribution >= 4 is 17.5 Å². The Kier molecular flexibility index (Phi) is 4.23. The summed E-state index contributed by atoms with van der Waals surface area (Å²) in [6.45, 7) is 5.51. The van der Waals surface area contributed by atoms with Crippen LogP contribution in [0.3, 0.4) is 0 Å². The van der Waals surface area contributed by atoms with Crippen molar-refractivity contribution in [3.05, 3.63) is 29.6 Å². The van der Waals surface area contributed by atoms with Crippen LogP contribution in [0.1, 0.15) is 35.9 Å². The molecule has 2 heterocycles. The zero-order chi connectivity index (χ0) is 13.1. The Morgan fingerprint density at radius 3 is 2.67 bits per heavy atom. The first-order chi connectivity index (χ1) is 8.58. The van der Waals surface area contributed by atoms with Gasteiger partial charge in [-0.2, -0.15) is 0 Å². The SMILES string of the molecule is Cc1cccc(C(=O)N2CCC(C(C)Cl)CC2)n1. The lowest BCUT2D eigenvalue weighted by Gasteiger charge is -2.33. The highest BCUT2D eigenvalue weighted by atomic mass is 35.5. The molecule has 0 saturated carbocycles. The van der Waals surface area contributed by atoms with Crippen molar-refractivity contribution in [2.24, 2.45) is 5.92 Å². The second-order valence-electron chi connectivity index (χ2n) is 4.97. The Balaban J connectivity index is 1.99. The Labute approximate surface area is 113 Å². The second-order valence-corrected chi connectivity index (χ2v) is 5.66. The standard InChI is InChI=1S/C14H19ClN2O/c1-10-4-3-5-13(16-10)14(18)17-8-6-12(7-9-17)11(2)15/h3-5,11-12H,6-9H2,1-2H3. The number of pyridine rings is 1. The smallest absolute Gasteiger partial charge is 0.272 e. The van der Waals surface area contributed by atoms with E-state index in [2.05, 4.69) is 4.98 Å². The molecule has 1 unspecified atom stereocenters. The third-order valence-electron chi connectivity index (χ3n) is 3.58. The summed E-state index contributed by atoms with van der Waals surface area (Å²) in [5.74, 6) is 0.570. The van der Waals surface area contributed by atoms with Gasteiger partial charge >= 0.3 is 0 Å². The number of hydrogen-bond acceptors (Lipinski definition) is 2. The molecule has 1 fully saturated rings. The number of likely N-dealkylation sites (tertiary alicyclic amines) is 1. The fourth-order valence-electron chi connectivity index (χ4n) is 2.39. The van der Waals surface area contributed by atoms with Gasteiger partial charge in [0, 0.05) is 24.2 Å². The molecule has 1 amide bonds. The predicted molar refractivity (Wildman–Crippen MR) is 72.9 cm³/mol. The van der Waals surface area contributed by atoms with Gasteiger partial charge in [-0.3, -0.25) is 4.79 Å². The Morgan fingerprint density at radius 1 is 1.44 bits per heavy atom. The Morgan fingerprint density at radius 2 is 2.11 bits per heavy atom. The number of nitrogens with zero attached hydrogens (tertiary/aromatic N) is 2. The number of halogens is 1. The lowest BCUT2D eigenvalue weighted by Crippen LogP contribution is -2.40. The summed E-state index contributed by atoms with van der Waals surface area (Å²) in [5.41, 5.74) is 1.43. The van der Waals surface area contributed by atoms with Gasteiger partial charge in [0.05, 0.1) is 0 Å². The molecule has 3 nitrogen and oxygen atoms in total. The van der Waals surface area contributed by atoms with Crippen LogP contribution in [0.15, 0.2) is 18.2 Å². The highest BCUT2D eigenvalue weighted by Gasteiger charge is 2.26. The van der Waals surface area contributed by atoms with Crippen molar-refractivity contribution < 1.29 is 4.79 Å². The van der Waals surface area contributed by atoms with Crippen molar-refractivity contribution in [1.82, 2.24) is 9.88 Å². The normalized spacial score (nSPS) is 18.7. The number of alkyl halides is 1. The van der Waals surface area contributed by atoms with Crippen LogP contribution in [0, 0.1) is 12.8 Å². The highest BCUT2D eigenvalue weighted by Crippen LogP contribution is 2.24. The summed E-state index contributed by atoms with van der Waals surface area (Å²) in [4.78, 5) is 18.4. The Bertz CT molecular complexity index is 426. The fraction of sp³-hybridized carbons (Fsp3) is 0.571. The fourth-order valence-corrected chi connectivity index (χ4v) is 2.64. The molecule has 0 aromatic carbocycles. The first-order valence-electron chi connectivity index (χ1n) is 6.45. The predicted octanol–water partition coefficient (Wildman–Crippen LogP) is 2.87. The second kappa shape index (κ2) is 5.70. The van der Waals surface area contributed by atoms with Crippen molar-refractivity contribution in [3.8, 4) is 0 Å². The Hall–Kier alpha value is -1.09. The average molecular weight is 267 g/mol. The van der Waals surface area contributed by atoms with Gasteiger partial charge in [-0.05, 0) is 44.7 Å². The summed E-state index contributed by atoms with van der Waals surface area (Å²) in [6.07, 6.45) is 1.98. The zero-order valence-electron chi connectivity index (χ0n) is 10.9. The lowest BCUT2D eigenvalue weighted by molar-refractivity contribution is 0.0684. The number of carbonyl (C=O) groups is 1. The summed E-state index contributed by atoms with van der Waals surface area (Å²) < 4.78 is 0. The molecule has 1 atom stereocenters. The van der Waals surface area contributed by atoms with Crippen molar-refractivity contribution in [2.75, 3.05) is 13.1 Å². The number of piperidine rings is 1. The van der Waals surface area contributed by atoms with Crippen LogP contribution in [0.5, 0.6) is 0 Å². The molecule has 4 heteroatoms. The van der Waals surface area contributed by atoms with Crippen LogP contribution in [0.2, 0.25) is 0 Å². The van der Waals surface area contributed by atoms with Crippen LogP contribution >= 0.6 is 11.6 Å². The monoisotopic (exact) mass is 266 g/mol. The maximum absolute atomic E-state index is 12.3. The molecule has 1 aromatic rings.